The lowest BCUT2D eigenvalue weighted by atomic mass is 9.83. The van der Waals surface area contributed by atoms with Crippen molar-refractivity contribution >= 4 is 11.9 Å². The van der Waals surface area contributed by atoms with E-state index in [1.807, 2.05) is 0 Å². The van der Waals surface area contributed by atoms with Gasteiger partial charge < -0.3 is 10.4 Å². The Labute approximate surface area is 109 Å². The summed E-state index contributed by atoms with van der Waals surface area (Å²) in [5, 5.41) is 11.5. The number of carboxylic acids is 1. The first kappa shape index (κ1) is 15.0. The minimum Gasteiger partial charge on any atom is -0.481 e. The molecule has 0 aromatic rings. The van der Waals surface area contributed by atoms with Crippen LogP contribution in [0.25, 0.3) is 0 Å². The van der Waals surface area contributed by atoms with Crippen LogP contribution in [0.2, 0.25) is 0 Å². The molecule has 0 saturated heterocycles. The van der Waals surface area contributed by atoms with Gasteiger partial charge in [0.1, 0.15) is 0 Å². The highest BCUT2D eigenvalue weighted by atomic mass is 16.4. The molecule has 1 aliphatic carbocycles. The van der Waals surface area contributed by atoms with E-state index in [2.05, 4.69) is 12.2 Å². The first-order valence-electron chi connectivity index (χ1n) is 7.13. The molecule has 4 heteroatoms. The molecule has 2 N–H and O–H groups in total. The summed E-state index contributed by atoms with van der Waals surface area (Å²) < 4.78 is 0. The molecule has 18 heavy (non-hydrogen) atoms. The third-order valence-electron chi connectivity index (χ3n) is 3.70. The third kappa shape index (κ3) is 6.03. The molecule has 1 aliphatic rings. The van der Waals surface area contributed by atoms with E-state index >= 15 is 0 Å². The van der Waals surface area contributed by atoms with E-state index < -0.39 is 5.97 Å². The highest BCUT2D eigenvalue weighted by Gasteiger charge is 2.21. The van der Waals surface area contributed by atoms with Crippen LogP contribution in [0.15, 0.2) is 0 Å². The van der Waals surface area contributed by atoms with Gasteiger partial charge in [0, 0.05) is 18.9 Å². The fourth-order valence-corrected chi connectivity index (χ4v) is 2.70. The van der Waals surface area contributed by atoms with Gasteiger partial charge in [-0.3, -0.25) is 9.59 Å². The van der Waals surface area contributed by atoms with Gasteiger partial charge >= 0.3 is 5.97 Å². The van der Waals surface area contributed by atoms with Crippen LogP contribution in [0, 0.1) is 5.92 Å². The van der Waals surface area contributed by atoms with Crippen molar-refractivity contribution in [3.05, 3.63) is 0 Å². The van der Waals surface area contributed by atoms with E-state index in [0.717, 1.165) is 18.8 Å². The lowest BCUT2D eigenvalue weighted by molar-refractivity contribution is -0.137. The molecule has 0 aromatic heterocycles. The average Bonchev–Trinajstić information content (AvgIpc) is 2.31. The number of carboxylic acid groups (broad SMARTS) is 1. The van der Waals surface area contributed by atoms with Crippen molar-refractivity contribution in [1.82, 2.24) is 5.32 Å². The predicted octanol–water partition coefficient (Wildman–Crippen LogP) is 2.72. The van der Waals surface area contributed by atoms with Gasteiger partial charge in [-0.2, -0.15) is 0 Å². The molecule has 0 atom stereocenters. The van der Waals surface area contributed by atoms with Gasteiger partial charge in [0.25, 0.3) is 0 Å². The van der Waals surface area contributed by atoms with E-state index in [9.17, 15) is 9.59 Å². The summed E-state index contributed by atoms with van der Waals surface area (Å²) >= 11 is 0. The highest BCUT2D eigenvalue weighted by Crippen LogP contribution is 2.27. The Hall–Kier alpha value is -1.06. The Morgan fingerprint density at radius 1 is 1.17 bits per heavy atom. The van der Waals surface area contributed by atoms with Gasteiger partial charge in [-0.15, -0.1) is 0 Å². The van der Waals surface area contributed by atoms with E-state index in [1.54, 1.807) is 0 Å². The van der Waals surface area contributed by atoms with Crippen molar-refractivity contribution in [2.45, 2.75) is 70.8 Å². The summed E-state index contributed by atoms with van der Waals surface area (Å²) in [5.74, 6) is 0.0215. The SMILES string of the molecule is CCCC1CCC(NC(=O)CCCC(=O)O)CC1. The molecule has 1 saturated carbocycles. The molecule has 0 spiro atoms. The van der Waals surface area contributed by atoms with Crippen molar-refractivity contribution in [3.8, 4) is 0 Å². The molecule has 1 fully saturated rings. The zero-order valence-corrected chi connectivity index (χ0v) is 11.3. The Morgan fingerprint density at radius 2 is 1.83 bits per heavy atom. The zero-order chi connectivity index (χ0) is 13.4. The fraction of sp³-hybridized carbons (Fsp3) is 0.857. The Bertz CT molecular complexity index is 270. The lowest BCUT2D eigenvalue weighted by Crippen LogP contribution is -2.37. The summed E-state index contributed by atoms with van der Waals surface area (Å²) in [6, 6.07) is 0.315. The summed E-state index contributed by atoms with van der Waals surface area (Å²) in [6.45, 7) is 2.22. The maximum atomic E-state index is 11.6. The van der Waals surface area contributed by atoms with Crippen molar-refractivity contribution < 1.29 is 14.7 Å². The molecule has 0 bridgehead atoms. The van der Waals surface area contributed by atoms with Gasteiger partial charge in [-0.05, 0) is 38.0 Å². The van der Waals surface area contributed by atoms with Crippen LogP contribution in [0.5, 0.6) is 0 Å². The van der Waals surface area contributed by atoms with Gasteiger partial charge in [0.15, 0.2) is 0 Å². The first-order valence-corrected chi connectivity index (χ1v) is 7.13. The number of nitrogens with one attached hydrogen (secondary N) is 1. The predicted molar refractivity (Wildman–Crippen MR) is 70.3 cm³/mol. The average molecular weight is 255 g/mol. The minimum atomic E-state index is -0.831. The second kappa shape index (κ2) is 8.11. The van der Waals surface area contributed by atoms with Gasteiger partial charge in [-0.25, -0.2) is 0 Å². The molecular weight excluding hydrogens is 230 g/mol. The molecule has 0 aromatic carbocycles. The third-order valence-corrected chi connectivity index (χ3v) is 3.70. The molecule has 0 heterocycles. The van der Waals surface area contributed by atoms with E-state index in [4.69, 9.17) is 5.11 Å². The van der Waals surface area contributed by atoms with Gasteiger partial charge in [0.2, 0.25) is 5.91 Å². The summed E-state index contributed by atoms with van der Waals surface area (Å²) in [7, 11) is 0. The summed E-state index contributed by atoms with van der Waals surface area (Å²) in [6.07, 6.45) is 7.99. The Balaban J connectivity index is 2.12. The molecule has 104 valence electrons. The van der Waals surface area contributed by atoms with Crippen LogP contribution < -0.4 is 5.32 Å². The molecule has 4 nitrogen and oxygen atoms in total. The standard InChI is InChI=1S/C14H25NO3/c1-2-4-11-7-9-12(10-8-11)15-13(16)5-3-6-14(17)18/h11-12H,2-10H2,1H3,(H,15,16)(H,17,18). The molecule has 1 amide bonds. The van der Waals surface area contributed by atoms with Gasteiger partial charge in [-0.1, -0.05) is 19.8 Å². The van der Waals surface area contributed by atoms with E-state index in [1.165, 1.54) is 25.7 Å². The Kier molecular flexibility index (Phi) is 6.76. The zero-order valence-electron chi connectivity index (χ0n) is 11.3. The maximum absolute atomic E-state index is 11.6. The summed E-state index contributed by atoms with van der Waals surface area (Å²) in [4.78, 5) is 21.9. The number of carbonyl (C=O) groups is 2. The fourth-order valence-electron chi connectivity index (χ4n) is 2.70. The van der Waals surface area contributed by atoms with Gasteiger partial charge in [0.05, 0.1) is 0 Å². The van der Waals surface area contributed by atoms with Crippen molar-refractivity contribution in [2.24, 2.45) is 5.92 Å². The normalized spacial score (nSPS) is 23.6. The smallest absolute Gasteiger partial charge is 0.303 e. The highest BCUT2D eigenvalue weighted by molar-refractivity contribution is 5.77. The monoisotopic (exact) mass is 255 g/mol. The topological polar surface area (TPSA) is 66.4 Å². The van der Waals surface area contributed by atoms with Crippen molar-refractivity contribution in [2.75, 3.05) is 0 Å². The minimum absolute atomic E-state index is 0.00944. The first-order chi connectivity index (χ1) is 8.61. The van der Waals surface area contributed by atoms with Crippen LogP contribution >= 0.6 is 0 Å². The number of hydrogen-bond donors (Lipinski definition) is 2. The molecule has 0 radical (unpaired) electrons. The largest absolute Gasteiger partial charge is 0.481 e. The Morgan fingerprint density at radius 3 is 2.39 bits per heavy atom. The number of aliphatic carboxylic acids is 1. The van der Waals surface area contributed by atoms with Crippen LogP contribution in [0.3, 0.4) is 0 Å². The van der Waals surface area contributed by atoms with Crippen molar-refractivity contribution in [3.63, 3.8) is 0 Å². The molecular formula is C14H25NO3. The van der Waals surface area contributed by atoms with Crippen molar-refractivity contribution in [1.29, 1.82) is 0 Å². The lowest BCUT2D eigenvalue weighted by Gasteiger charge is -2.28. The van der Waals surface area contributed by atoms with Crippen LogP contribution in [0.1, 0.15) is 64.7 Å². The number of carbonyl (C=O) groups excluding carboxylic acids is 1. The quantitative estimate of drug-likeness (QED) is 0.735. The molecule has 0 aliphatic heterocycles. The summed E-state index contributed by atoms with van der Waals surface area (Å²) in [5.41, 5.74) is 0. The number of hydrogen-bond acceptors (Lipinski definition) is 2. The van der Waals surface area contributed by atoms with E-state index in [0.29, 0.717) is 18.9 Å². The number of amides is 1. The second-order valence-corrected chi connectivity index (χ2v) is 5.32. The number of rotatable bonds is 7. The molecule has 1 rings (SSSR count). The van der Waals surface area contributed by atoms with Crippen LogP contribution in [-0.4, -0.2) is 23.0 Å². The van der Waals surface area contributed by atoms with Crippen LogP contribution in [-0.2, 0) is 9.59 Å². The molecule has 0 unspecified atom stereocenters. The van der Waals surface area contributed by atoms with Crippen LogP contribution in [0.4, 0.5) is 0 Å². The van der Waals surface area contributed by atoms with E-state index in [-0.39, 0.29) is 12.3 Å². The second-order valence-electron chi connectivity index (χ2n) is 5.32. The maximum Gasteiger partial charge on any atom is 0.303 e.